The molecule has 0 aliphatic heterocycles. The average molecular weight is 259 g/mol. The summed E-state index contributed by atoms with van der Waals surface area (Å²) in [4.78, 5) is 35.7. The molecule has 0 saturated heterocycles. The topological polar surface area (TPSA) is 72.9 Å². The van der Waals surface area contributed by atoms with Gasteiger partial charge in [0.25, 0.3) is 0 Å². The first-order valence-corrected chi connectivity index (χ1v) is 5.75. The third-order valence-electron chi connectivity index (χ3n) is 2.80. The Labute approximate surface area is 107 Å². The smallest absolute Gasteiger partial charge is 0.325 e. The fourth-order valence-electron chi connectivity index (χ4n) is 1.23. The van der Waals surface area contributed by atoms with Crippen molar-refractivity contribution in [3.05, 3.63) is 0 Å². The van der Waals surface area contributed by atoms with Crippen molar-refractivity contribution in [3.63, 3.8) is 0 Å². The van der Waals surface area contributed by atoms with Gasteiger partial charge >= 0.3 is 11.9 Å². The first-order chi connectivity index (χ1) is 8.33. The van der Waals surface area contributed by atoms with Gasteiger partial charge in [-0.05, 0) is 5.92 Å². The highest BCUT2D eigenvalue weighted by Gasteiger charge is 2.26. The van der Waals surface area contributed by atoms with E-state index in [1.54, 1.807) is 6.92 Å². The van der Waals surface area contributed by atoms with Gasteiger partial charge < -0.3 is 14.4 Å². The molecular formula is C12H21NO5. The number of carbonyl (C=O) groups is 3. The van der Waals surface area contributed by atoms with E-state index in [0.717, 1.165) is 4.90 Å². The zero-order chi connectivity index (χ0) is 14.3. The third-order valence-corrected chi connectivity index (χ3v) is 2.80. The van der Waals surface area contributed by atoms with Gasteiger partial charge in [-0.1, -0.05) is 20.8 Å². The van der Waals surface area contributed by atoms with Gasteiger partial charge in [-0.2, -0.15) is 0 Å². The van der Waals surface area contributed by atoms with E-state index in [1.165, 1.54) is 14.2 Å². The van der Waals surface area contributed by atoms with Crippen LogP contribution < -0.4 is 0 Å². The molecule has 6 heteroatoms. The fourth-order valence-corrected chi connectivity index (χ4v) is 1.23. The van der Waals surface area contributed by atoms with Crippen LogP contribution >= 0.6 is 0 Å². The molecule has 0 bridgehead atoms. The molecular weight excluding hydrogens is 238 g/mol. The highest BCUT2D eigenvalue weighted by atomic mass is 16.5. The van der Waals surface area contributed by atoms with E-state index >= 15 is 0 Å². The highest BCUT2D eigenvalue weighted by Crippen LogP contribution is 2.13. The lowest BCUT2D eigenvalue weighted by Crippen LogP contribution is -2.43. The van der Waals surface area contributed by atoms with Crippen LogP contribution in [0.5, 0.6) is 0 Å². The van der Waals surface area contributed by atoms with E-state index in [2.05, 4.69) is 9.47 Å². The molecule has 0 N–H and O–H groups in total. The van der Waals surface area contributed by atoms with Crippen molar-refractivity contribution in [1.29, 1.82) is 0 Å². The van der Waals surface area contributed by atoms with Gasteiger partial charge in [-0.15, -0.1) is 0 Å². The Balaban J connectivity index is 4.79. The van der Waals surface area contributed by atoms with E-state index in [4.69, 9.17) is 0 Å². The maximum atomic E-state index is 12.1. The van der Waals surface area contributed by atoms with Crippen LogP contribution in [0.3, 0.4) is 0 Å². The summed E-state index contributed by atoms with van der Waals surface area (Å²) in [5.41, 5.74) is 0. The van der Waals surface area contributed by atoms with Crippen LogP contribution in [0.15, 0.2) is 0 Å². The summed E-state index contributed by atoms with van der Waals surface area (Å²) in [5.74, 6) is -1.55. The van der Waals surface area contributed by atoms with Crippen molar-refractivity contribution >= 4 is 17.8 Å². The van der Waals surface area contributed by atoms with E-state index in [-0.39, 0.29) is 30.8 Å². The Morgan fingerprint density at radius 2 is 1.33 bits per heavy atom. The fraction of sp³-hybridized carbons (Fsp3) is 0.750. The molecule has 0 heterocycles. The van der Waals surface area contributed by atoms with E-state index in [9.17, 15) is 14.4 Å². The maximum Gasteiger partial charge on any atom is 0.325 e. The zero-order valence-corrected chi connectivity index (χ0v) is 11.6. The first-order valence-electron chi connectivity index (χ1n) is 5.75. The normalized spacial score (nSPS) is 11.9. The maximum absolute atomic E-state index is 12.1. The summed E-state index contributed by atoms with van der Waals surface area (Å²) < 4.78 is 9.00. The van der Waals surface area contributed by atoms with Crippen molar-refractivity contribution in [2.75, 3.05) is 27.3 Å². The Kier molecular flexibility index (Phi) is 7.00. The molecule has 104 valence electrons. The van der Waals surface area contributed by atoms with E-state index in [1.807, 2.05) is 13.8 Å². The number of nitrogens with zero attached hydrogens (tertiary/aromatic N) is 1. The molecule has 0 spiro atoms. The van der Waals surface area contributed by atoms with Crippen LogP contribution in [-0.4, -0.2) is 50.1 Å². The molecule has 0 fully saturated rings. The quantitative estimate of drug-likeness (QED) is 0.648. The SMILES string of the molecule is COC(=O)CN(CC(=O)OC)C(=O)C(C)C(C)C. The molecule has 1 amide bonds. The summed E-state index contributed by atoms with van der Waals surface area (Å²) in [6.07, 6.45) is 0. The molecule has 1 unspecified atom stereocenters. The summed E-state index contributed by atoms with van der Waals surface area (Å²) in [5, 5.41) is 0. The van der Waals surface area contributed by atoms with Crippen molar-refractivity contribution in [2.24, 2.45) is 11.8 Å². The van der Waals surface area contributed by atoms with E-state index in [0.29, 0.717) is 0 Å². The number of esters is 2. The summed E-state index contributed by atoms with van der Waals surface area (Å²) in [6, 6.07) is 0. The molecule has 0 aromatic carbocycles. The van der Waals surface area contributed by atoms with Gasteiger partial charge in [-0.3, -0.25) is 14.4 Å². The lowest BCUT2D eigenvalue weighted by atomic mass is 9.96. The number of carbonyl (C=O) groups excluding carboxylic acids is 3. The van der Waals surface area contributed by atoms with Gasteiger partial charge in [0, 0.05) is 5.92 Å². The monoisotopic (exact) mass is 259 g/mol. The van der Waals surface area contributed by atoms with Gasteiger partial charge in [-0.25, -0.2) is 0 Å². The Hall–Kier alpha value is -1.59. The number of ether oxygens (including phenoxy) is 2. The van der Waals surface area contributed by atoms with E-state index < -0.39 is 11.9 Å². The largest absolute Gasteiger partial charge is 0.468 e. The molecule has 0 saturated carbocycles. The second-order valence-corrected chi connectivity index (χ2v) is 4.38. The minimum atomic E-state index is -0.566. The number of methoxy groups -OCH3 is 2. The van der Waals surface area contributed by atoms with Gasteiger partial charge in [0.15, 0.2) is 0 Å². The van der Waals surface area contributed by atoms with Crippen LogP contribution in [0.25, 0.3) is 0 Å². The molecule has 0 aromatic heterocycles. The average Bonchev–Trinajstić information content (AvgIpc) is 2.35. The molecule has 18 heavy (non-hydrogen) atoms. The predicted octanol–water partition coefficient (Wildman–Crippen LogP) is 0.453. The minimum Gasteiger partial charge on any atom is -0.468 e. The molecule has 0 radical (unpaired) electrons. The van der Waals surface area contributed by atoms with Crippen LogP contribution in [0.2, 0.25) is 0 Å². The summed E-state index contributed by atoms with van der Waals surface area (Å²) in [6.45, 7) is 5.06. The lowest BCUT2D eigenvalue weighted by Gasteiger charge is -2.25. The zero-order valence-electron chi connectivity index (χ0n) is 11.6. The van der Waals surface area contributed by atoms with Crippen LogP contribution in [0.1, 0.15) is 20.8 Å². The Morgan fingerprint density at radius 1 is 0.944 bits per heavy atom. The number of hydrogen-bond donors (Lipinski definition) is 0. The predicted molar refractivity (Wildman–Crippen MR) is 64.6 cm³/mol. The second-order valence-electron chi connectivity index (χ2n) is 4.38. The van der Waals surface area contributed by atoms with Crippen LogP contribution in [-0.2, 0) is 23.9 Å². The molecule has 0 aliphatic carbocycles. The molecule has 1 atom stereocenters. The molecule has 0 aromatic rings. The van der Waals surface area contributed by atoms with Gasteiger partial charge in [0.2, 0.25) is 5.91 Å². The lowest BCUT2D eigenvalue weighted by molar-refractivity contribution is -0.154. The van der Waals surface area contributed by atoms with Crippen LogP contribution in [0, 0.1) is 11.8 Å². The number of amides is 1. The molecule has 6 nitrogen and oxygen atoms in total. The Morgan fingerprint density at radius 3 is 1.61 bits per heavy atom. The van der Waals surface area contributed by atoms with Crippen molar-refractivity contribution in [2.45, 2.75) is 20.8 Å². The Bertz CT molecular complexity index is 296. The van der Waals surface area contributed by atoms with Gasteiger partial charge in [0.05, 0.1) is 14.2 Å². The first kappa shape index (κ1) is 16.4. The van der Waals surface area contributed by atoms with Crippen molar-refractivity contribution in [1.82, 2.24) is 4.90 Å². The standard InChI is InChI=1S/C12H21NO5/c1-8(2)9(3)12(16)13(6-10(14)17-4)7-11(15)18-5/h8-9H,6-7H2,1-5H3. The van der Waals surface area contributed by atoms with Crippen molar-refractivity contribution in [3.8, 4) is 0 Å². The van der Waals surface area contributed by atoms with Crippen molar-refractivity contribution < 1.29 is 23.9 Å². The second kappa shape index (κ2) is 7.68. The highest BCUT2D eigenvalue weighted by molar-refractivity contribution is 5.87. The summed E-state index contributed by atoms with van der Waals surface area (Å²) in [7, 11) is 2.46. The number of hydrogen-bond acceptors (Lipinski definition) is 5. The minimum absolute atomic E-state index is 0.121. The number of rotatable bonds is 6. The molecule has 0 rings (SSSR count). The molecule has 0 aliphatic rings. The van der Waals surface area contributed by atoms with Crippen LogP contribution in [0.4, 0.5) is 0 Å². The third kappa shape index (κ3) is 5.16. The summed E-state index contributed by atoms with van der Waals surface area (Å²) >= 11 is 0. The van der Waals surface area contributed by atoms with Gasteiger partial charge in [0.1, 0.15) is 13.1 Å².